The van der Waals surface area contributed by atoms with Crippen LogP contribution in [0, 0.1) is 0 Å². The molecule has 2 aromatic carbocycles. The molecule has 108 valence electrons. The van der Waals surface area contributed by atoms with Gasteiger partial charge in [-0.15, -0.1) is 11.8 Å². The van der Waals surface area contributed by atoms with Crippen LogP contribution in [0.3, 0.4) is 0 Å². The summed E-state index contributed by atoms with van der Waals surface area (Å²) in [6, 6.07) is 19.4. The van der Waals surface area contributed by atoms with Gasteiger partial charge in [0.25, 0.3) is 0 Å². The fraction of sp³-hybridized carbons (Fsp3) is 0.235. The number of cyclic esters (lactones) is 1. The molecule has 21 heavy (non-hydrogen) atoms. The normalized spacial score (nSPS) is 21.4. The number of carbonyl (C=O) groups is 1. The highest BCUT2D eigenvalue weighted by atomic mass is 32.2. The van der Waals surface area contributed by atoms with E-state index in [0.717, 1.165) is 11.1 Å². The van der Waals surface area contributed by atoms with Crippen LogP contribution in [0.2, 0.25) is 0 Å². The van der Waals surface area contributed by atoms with Crippen molar-refractivity contribution in [3.63, 3.8) is 0 Å². The van der Waals surface area contributed by atoms with Gasteiger partial charge in [0.05, 0.1) is 0 Å². The second-order valence-corrected chi connectivity index (χ2v) is 6.32. The van der Waals surface area contributed by atoms with Crippen LogP contribution >= 0.6 is 11.8 Å². The summed E-state index contributed by atoms with van der Waals surface area (Å²) in [5.41, 5.74) is 7.84. The minimum Gasteiger partial charge on any atom is -0.462 e. The first kappa shape index (κ1) is 14.2. The second kappa shape index (κ2) is 5.92. The maximum Gasteiger partial charge on any atom is 0.331 e. The predicted octanol–water partition coefficient (Wildman–Crippen LogP) is 2.55. The van der Waals surface area contributed by atoms with Crippen molar-refractivity contribution in [1.82, 2.24) is 0 Å². The zero-order chi connectivity index (χ0) is 14.7. The molecule has 0 aromatic heterocycles. The number of carbonyl (C=O) groups excluding carboxylic acids is 1. The van der Waals surface area contributed by atoms with E-state index in [-0.39, 0.29) is 18.6 Å². The fourth-order valence-electron chi connectivity index (χ4n) is 2.54. The molecule has 0 amide bonds. The molecule has 0 bridgehead atoms. The third-order valence-electron chi connectivity index (χ3n) is 3.59. The zero-order valence-corrected chi connectivity index (χ0v) is 12.4. The molecule has 1 saturated heterocycles. The van der Waals surface area contributed by atoms with E-state index in [1.54, 1.807) is 11.8 Å². The second-order valence-electron chi connectivity index (χ2n) is 5.08. The van der Waals surface area contributed by atoms with Crippen LogP contribution < -0.4 is 5.73 Å². The summed E-state index contributed by atoms with van der Waals surface area (Å²) in [5.74, 6) is 0.438. The molecule has 0 radical (unpaired) electrons. The van der Waals surface area contributed by atoms with E-state index in [2.05, 4.69) is 0 Å². The van der Waals surface area contributed by atoms with Crippen molar-refractivity contribution in [3.05, 3.63) is 71.8 Å². The molecular weight excluding hydrogens is 282 g/mol. The van der Waals surface area contributed by atoms with Crippen LogP contribution in [-0.4, -0.2) is 24.4 Å². The van der Waals surface area contributed by atoms with Crippen molar-refractivity contribution < 1.29 is 9.53 Å². The van der Waals surface area contributed by atoms with Crippen molar-refractivity contribution >= 4 is 17.7 Å². The Balaban J connectivity index is 2.17. The third kappa shape index (κ3) is 2.57. The molecule has 1 heterocycles. The molecule has 1 fully saturated rings. The van der Waals surface area contributed by atoms with Gasteiger partial charge in [0, 0.05) is 11.8 Å². The van der Waals surface area contributed by atoms with Crippen LogP contribution in [0.4, 0.5) is 0 Å². The van der Waals surface area contributed by atoms with Crippen molar-refractivity contribution in [2.24, 2.45) is 5.73 Å². The number of benzene rings is 2. The van der Waals surface area contributed by atoms with Crippen molar-refractivity contribution in [1.29, 1.82) is 0 Å². The summed E-state index contributed by atoms with van der Waals surface area (Å²) < 4.78 is 4.62. The van der Waals surface area contributed by atoms with Crippen molar-refractivity contribution in [2.75, 3.05) is 12.4 Å². The lowest BCUT2D eigenvalue weighted by molar-refractivity contribution is -0.145. The Morgan fingerprint density at radius 2 is 1.52 bits per heavy atom. The predicted molar refractivity (Wildman–Crippen MR) is 85.1 cm³/mol. The molecule has 1 atom stereocenters. The van der Waals surface area contributed by atoms with Crippen LogP contribution in [-0.2, 0) is 14.3 Å². The monoisotopic (exact) mass is 299 g/mol. The highest BCUT2D eigenvalue weighted by Crippen LogP contribution is 2.45. The molecule has 2 aromatic rings. The molecule has 1 aliphatic rings. The molecule has 1 aliphatic heterocycles. The highest BCUT2D eigenvalue weighted by Gasteiger charge is 2.46. The lowest BCUT2D eigenvalue weighted by atomic mass is 9.90. The van der Waals surface area contributed by atoms with Gasteiger partial charge >= 0.3 is 5.97 Å². The molecule has 2 N–H and O–H groups in total. The largest absolute Gasteiger partial charge is 0.462 e. The summed E-state index contributed by atoms with van der Waals surface area (Å²) in [7, 11) is 0. The van der Waals surface area contributed by atoms with Gasteiger partial charge in [-0.1, -0.05) is 60.7 Å². The van der Waals surface area contributed by atoms with E-state index in [0.29, 0.717) is 5.75 Å². The van der Waals surface area contributed by atoms with E-state index >= 15 is 0 Å². The van der Waals surface area contributed by atoms with Gasteiger partial charge in [0.2, 0.25) is 0 Å². The van der Waals surface area contributed by atoms with E-state index in [4.69, 9.17) is 10.5 Å². The van der Waals surface area contributed by atoms with Gasteiger partial charge in [0.1, 0.15) is 6.61 Å². The van der Waals surface area contributed by atoms with Crippen molar-refractivity contribution in [2.45, 2.75) is 10.8 Å². The maximum atomic E-state index is 12.8. The zero-order valence-electron chi connectivity index (χ0n) is 11.6. The average molecular weight is 299 g/mol. The molecule has 3 nitrogen and oxygen atoms in total. The Hall–Kier alpha value is -1.78. The highest BCUT2D eigenvalue weighted by molar-refractivity contribution is 8.01. The number of ether oxygens (including phenoxy) is 1. The Labute approximate surface area is 128 Å². The number of esters is 1. The summed E-state index contributed by atoms with van der Waals surface area (Å²) in [4.78, 5) is 12.8. The smallest absolute Gasteiger partial charge is 0.331 e. The SMILES string of the molecule is N[C@@H]1COC(=O)C(c2ccccc2)(c2ccccc2)SC1. The number of hydrogen-bond acceptors (Lipinski definition) is 4. The van der Waals surface area contributed by atoms with Crippen molar-refractivity contribution in [3.8, 4) is 0 Å². The Morgan fingerprint density at radius 3 is 2.05 bits per heavy atom. The fourth-order valence-corrected chi connectivity index (χ4v) is 3.88. The first-order valence-electron chi connectivity index (χ1n) is 6.91. The van der Waals surface area contributed by atoms with E-state index in [1.807, 2.05) is 60.7 Å². The number of nitrogens with two attached hydrogens (primary N) is 1. The maximum absolute atomic E-state index is 12.8. The molecule has 0 aliphatic carbocycles. The Bertz CT molecular complexity index is 576. The lowest BCUT2D eigenvalue weighted by Crippen LogP contribution is -2.34. The van der Waals surface area contributed by atoms with Crippen LogP contribution in [0.25, 0.3) is 0 Å². The Kier molecular flexibility index (Phi) is 3.99. The van der Waals surface area contributed by atoms with Crippen LogP contribution in [0.5, 0.6) is 0 Å². The third-order valence-corrected chi connectivity index (χ3v) is 5.26. The minimum absolute atomic E-state index is 0.131. The quantitative estimate of drug-likeness (QED) is 0.866. The van der Waals surface area contributed by atoms with Gasteiger partial charge in [-0.05, 0) is 11.1 Å². The standard InChI is InChI=1S/C17H17NO2S/c18-15-11-20-16(19)17(21-12-15,13-7-3-1-4-8-13)14-9-5-2-6-10-14/h1-10,15H,11-12,18H2/t15-/m1/s1. The Morgan fingerprint density at radius 1 is 1.00 bits per heavy atom. The van der Waals surface area contributed by atoms with Gasteiger partial charge in [-0.2, -0.15) is 0 Å². The minimum atomic E-state index is -0.837. The first-order valence-corrected chi connectivity index (χ1v) is 7.90. The number of hydrogen-bond donors (Lipinski definition) is 1. The molecule has 0 spiro atoms. The molecule has 3 rings (SSSR count). The molecule has 0 saturated carbocycles. The first-order chi connectivity index (χ1) is 10.2. The van der Waals surface area contributed by atoms with Crippen LogP contribution in [0.15, 0.2) is 60.7 Å². The molecular formula is C17H17NO2S. The van der Waals surface area contributed by atoms with Crippen LogP contribution in [0.1, 0.15) is 11.1 Å². The molecule has 4 heteroatoms. The topological polar surface area (TPSA) is 52.3 Å². The van der Waals surface area contributed by atoms with E-state index < -0.39 is 4.75 Å². The summed E-state index contributed by atoms with van der Waals surface area (Å²) in [6.07, 6.45) is 0. The summed E-state index contributed by atoms with van der Waals surface area (Å²) in [6.45, 7) is 0.271. The number of thioether (sulfide) groups is 1. The van der Waals surface area contributed by atoms with Gasteiger partial charge < -0.3 is 10.5 Å². The summed E-state index contributed by atoms with van der Waals surface area (Å²) in [5, 5.41) is 0. The average Bonchev–Trinajstić information content (AvgIpc) is 2.69. The summed E-state index contributed by atoms with van der Waals surface area (Å²) >= 11 is 1.55. The lowest BCUT2D eigenvalue weighted by Gasteiger charge is -2.30. The van der Waals surface area contributed by atoms with Gasteiger partial charge in [0.15, 0.2) is 4.75 Å². The van der Waals surface area contributed by atoms with E-state index in [9.17, 15) is 4.79 Å². The van der Waals surface area contributed by atoms with E-state index in [1.165, 1.54) is 0 Å². The van der Waals surface area contributed by atoms with Gasteiger partial charge in [-0.25, -0.2) is 4.79 Å². The van der Waals surface area contributed by atoms with Gasteiger partial charge in [-0.3, -0.25) is 0 Å². The molecule has 0 unspecified atom stereocenters. The number of rotatable bonds is 2.